The van der Waals surface area contributed by atoms with E-state index in [4.69, 9.17) is 0 Å². The summed E-state index contributed by atoms with van der Waals surface area (Å²) in [6.45, 7) is 3.92. The fraction of sp³-hybridized carbons (Fsp3) is 0.350. The van der Waals surface area contributed by atoms with Crippen LogP contribution >= 0.6 is 0 Å². The third-order valence-electron chi connectivity index (χ3n) is 4.54. The molecule has 2 aromatic rings. The van der Waals surface area contributed by atoms with E-state index in [9.17, 15) is 4.79 Å². The summed E-state index contributed by atoms with van der Waals surface area (Å²) in [5.74, 6) is 0. The maximum Gasteiger partial charge on any atom is 0.121 e. The van der Waals surface area contributed by atoms with Crippen molar-refractivity contribution in [3.8, 4) is 11.1 Å². The summed E-state index contributed by atoms with van der Waals surface area (Å²) in [5, 5.41) is 3.47. The van der Waals surface area contributed by atoms with E-state index in [2.05, 4.69) is 58.7 Å². The molecule has 0 aliphatic carbocycles. The number of aldehydes is 1. The highest BCUT2D eigenvalue weighted by Gasteiger charge is 2.21. The SMILES string of the molecule is O=CCCN1CCNCC1Cc1ccc(-c2ccccc2)cc1. The van der Waals surface area contributed by atoms with Crippen molar-refractivity contribution < 1.29 is 4.79 Å². The Morgan fingerprint density at radius 2 is 1.78 bits per heavy atom. The molecule has 1 fully saturated rings. The number of piperazine rings is 1. The lowest BCUT2D eigenvalue weighted by Gasteiger charge is -2.36. The Morgan fingerprint density at radius 3 is 2.52 bits per heavy atom. The largest absolute Gasteiger partial charge is 0.314 e. The fourth-order valence-electron chi connectivity index (χ4n) is 3.25. The van der Waals surface area contributed by atoms with Crippen molar-refractivity contribution in [1.29, 1.82) is 0 Å². The van der Waals surface area contributed by atoms with Gasteiger partial charge in [-0.15, -0.1) is 0 Å². The number of rotatable bonds is 6. The number of nitrogens with zero attached hydrogens (tertiary/aromatic N) is 1. The average molecular weight is 308 g/mol. The van der Waals surface area contributed by atoms with Gasteiger partial charge in [-0.1, -0.05) is 54.6 Å². The molecule has 0 spiro atoms. The van der Waals surface area contributed by atoms with Gasteiger partial charge in [0.25, 0.3) is 0 Å². The van der Waals surface area contributed by atoms with Gasteiger partial charge >= 0.3 is 0 Å². The molecule has 23 heavy (non-hydrogen) atoms. The Balaban J connectivity index is 1.66. The molecule has 0 aromatic heterocycles. The Morgan fingerprint density at radius 1 is 1.04 bits per heavy atom. The van der Waals surface area contributed by atoms with Crippen LogP contribution in [-0.2, 0) is 11.2 Å². The van der Waals surface area contributed by atoms with Crippen molar-refractivity contribution in [2.24, 2.45) is 0 Å². The summed E-state index contributed by atoms with van der Waals surface area (Å²) < 4.78 is 0. The quantitative estimate of drug-likeness (QED) is 0.833. The highest BCUT2D eigenvalue weighted by Crippen LogP contribution is 2.20. The molecule has 1 atom stereocenters. The zero-order valence-corrected chi connectivity index (χ0v) is 13.4. The topological polar surface area (TPSA) is 32.3 Å². The number of carbonyl (C=O) groups excluding carboxylic acids is 1. The van der Waals surface area contributed by atoms with Gasteiger partial charge in [0.05, 0.1) is 0 Å². The van der Waals surface area contributed by atoms with Crippen LogP contribution in [0.3, 0.4) is 0 Å². The van der Waals surface area contributed by atoms with Gasteiger partial charge in [0.15, 0.2) is 0 Å². The molecule has 2 aromatic carbocycles. The second-order valence-electron chi connectivity index (χ2n) is 6.12. The highest BCUT2D eigenvalue weighted by molar-refractivity contribution is 5.63. The number of nitrogens with one attached hydrogen (secondary N) is 1. The van der Waals surface area contributed by atoms with Crippen LogP contribution in [0, 0.1) is 0 Å². The van der Waals surface area contributed by atoms with Crippen LogP contribution in [0.2, 0.25) is 0 Å². The van der Waals surface area contributed by atoms with Crippen molar-refractivity contribution in [3.63, 3.8) is 0 Å². The second kappa shape index (κ2) is 8.04. The Kier molecular flexibility index (Phi) is 5.56. The second-order valence-corrected chi connectivity index (χ2v) is 6.12. The van der Waals surface area contributed by atoms with Crippen LogP contribution in [0.4, 0.5) is 0 Å². The first-order valence-corrected chi connectivity index (χ1v) is 8.39. The molecule has 3 heteroatoms. The zero-order valence-electron chi connectivity index (χ0n) is 13.4. The smallest absolute Gasteiger partial charge is 0.121 e. The molecule has 1 aliphatic rings. The molecule has 0 saturated carbocycles. The van der Waals surface area contributed by atoms with Crippen LogP contribution in [0.15, 0.2) is 54.6 Å². The highest BCUT2D eigenvalue weighted by atomic mass is 16.1. The van der Waals surface area contributed by atoms with Crippen LogP contribution in [0.25, 0.3) is 11.1 Å². The molecule has 3 rings (SSSR count). The molecular weight excluding hydrogens is 284 g/mol. The molecule has 1 N–H and O–H groups in total. The van der Waals surface area contributed by atoms with Gasteiger partial charge in [0.1, 0.15) is 6.29 Å². The summed E-state index contributed by atoms with van der Waals surface area (Å²) >= 11 is 0. The predicted octanol–water partition coefficient (Wildman–Crippen LogP) is 2.76. The van der Waals surface area contributed by atoms with E-state index in [0.29, 0.717) is 12.5 Å². The number of hydrogen-bond donors (Lipinski definition) is 1. The van der Waals surface area contributed by atoms with Gasteiger partial charge in [0, 0.05) is 38.6 Å². The molecule has 1 unspecified atom stereocenters. The van der Waals surface area contributed by atoms with Gasteiger partial charge in [-0.05, 0) is 23.1 Å². The number of hydrogen-bond acceptors (Lipinski definition) is 3. The molecule has 1 heterocycles. The summed E-state index contributed by atoms with van der Waals surface area (Å²) in [6.07, 6.45) is 2.68. The lowest BCUT2D eigenvalue weighted by molar-refractivity contribution is -0.108. The molecule has 1 saturated heterocycles. The lowest BCUT2D eigenvalue weighted by atomic mass is 9.99. The van der Waals surface area contributed by atoms with E-state index >= 15 is 0 Å². The Hall–Kier alpha value is -1.97. The van der Waals surface area contributed by atoms with Gasteiger partial charge < -0.3 is 10.1 Å². The lowest BCUT2D eigenvalue weighted by Crippen LogP contribution is -2.52. The van der Waals surface area contributed by atoms with Crippen molar-refractivity contribution in [1.82, 2.24) is 10.2 Å². The van der Waals surface area contributed by atoms with E-state index in [1.165, 1.54) is 16.7 Å². The van der Waals surface area contributed by atoms with E-state index < -0.39 is 0 Å². The van der Waals surface area contributed by atoms with Crippen LogP contribution in [0.5, 0.6) is 0 Å². The van der Waals surface area contributed by atoms with Crippen molar-refractivity contribution in [3.05, 3.63) is 60.2 Å². The van der Waals surface area contributed by atoms with Crippen molar-refractivity contribution in [2.75, 3.05) is 26.2 Å². The molecule has 0 radical (unpaired) electrons. The third-order valence-corrected chi connectivity index (χ3v) is 4.54. The Bertz CT molecular complexity index is 609. The minimum atomic E-state index is 0.478. The monoisotopic (exact) mass is 308 g/mol. The molecule has 1 aliphatic heterocycles. The maximum absolute atomic E-state index is 10.6. The van der Waals surface area contributed by atoms with Gasteiger partial charge in [-0.3, -0.25) is 4.90 Å². The minimum absolute atomic E-state index is 0.478. The summed E-state index contributed by atoms with van der Waals surface area (Å²) in [4.78, 5) is 13.1. The summed E-state index contributed by atoms with van der Waals surface area (Å²) in [5.41, 5.74) is 3.87. The standard InChI is InChI=1S/C20H24N2O/c23-14-4-12-22-13-11-21-16-20(22)15-17-7-9-19(10-8-17)18-5-2-1-3-6-18/h1-3,5-10,14,20-21H,4,11-13,15-16H2. The van der Waals surface area contributed by atoms with Crippen LogP contribution in [0.1, 0.15) is 12.0 Å². The normalized spacial score (nSPS) is 18.7. The van der Waals surface area contributed by atoms with Crippen LogP contribution < -0.4 is 5.32 Å². The molecule has 3 nitrogen and oxygen atoms in total. The van der Waals surface area contributed by atoms with Crippen molar-refractivity contribution >= 4 is 6.29 Å². The van der Waals surface area contributed by atoms with E-state index in [1.54, 1.807) is 0 Å². The van der Waals surface area contributed by atoms with Gasteiger partial charge in [0.2, 0.25) is 0 Å². The molecule has 120 valence electrons. The van der Waals surface area contributed by atoms with E-state index in [0.717, 1.165) is 38.9 Å². The first kappa shape index (κ1) is 15.9. The zero-order chi connectivity index (χ0) is 15.9. The van der Waals surface area contributed by atoms with E-state index in [-0.39, 0.29) is 0 Å². The average Bonchev–Trinajstić information content (AvgIpc) is 2.62. The van der Waals surface area contributed by atoms with Crippen molar-refractivity contribution in [2.45, 2.75) is 18.9 Å². The maximum atomic E-state index is 10.6. The molecule has 0 bridgehead atoms. The number of benzene rings is 2. The first-order chi connectivity index (χ1) is 11.4. The minimum Gasteiger partial charge on any atom is -0.314 e. The number of carbonyl (C=O) groups is 1. The van der Waals surface area contributed by atoms with E-state index in [1.807, 2.05) is 6.07 Å². The fourth-order valence-corrected chi connectivity index (χ4v) is 3.25. The summed E-state index contributed by atoms with van der Waals surface area (Å²) in [7, 11) is 0. The van der Waals surface area contributed by atoms with Gasteiger partial charge in [-0.2, -0.15) is 0 Å². The third kappa shape index (κ3) is 4.27. The predicted molar refractivity (Wildman–Crippen MR) is 94.5 cm³/mol. The van der Waals surface area contributed by atoms with Gasteiger partial charge in [-0.25, -0.2) is 0 Å². The molecule has 0 amide bonds. The Labute approximate surface area is 138 Å². The van der Waals surface area contributed by atoms with Crippen LogP contribution in [-0.4, -0.2) is 43.4 Å². The summed E-state index contributed by atoms with van der Waals surface area (Å²) in [6, 6.07) is 19.8. The molecular formula is C20H24N2O. The first-order valence-electron chi connectivity index (χ1n) is 8.39.